The Morgan fingerprint density at radius 3 is 2.68 bits per heavy atom. The van der Waals surface area contributed by atoms with Crippen molar-refractivity contribution in [3.05, 3.63) is 34.1 Å². The van der Waals surface area contributed by atoms with Crippen molar-refractivity contribution in [2.24, 2.45) is 11.1 Å². The van der Waals surface area contributed by atoms with Crippen molar-refractivity contribution in [2.45, 2.75) is 19.3 Å². The van der Waals surface area contributed by atoms with Gasteiger partial charge in [-0.1, -0.05) is 22.0 Å². The van der Waals surface area contributed by atoms with Crippen molar-refractivity contribution in [3.63, 3.8) is 0 Å². The van der Waals surface area contributed by atoms with Crippen molar-refractivity contribution in [2.75, 3.05) is 19.8 Å². The van der Waals surface area contributed by atoms with E-state index in [1.807, 2.05) is 0 Å². The molecule has 19 heavy (non-hydrogen) atoms. The van der Waals surface area contributed by atoms with Gasteiger partial charge in [-0.05, 0) is 30.5 Å². The maximum Gasteiger partial charge on any atom is 0.144 e. The van der Waals surface area contributed by atoms with Gasteiger partial charge in [0.1, 0.15) is 11.6 Å². The maximum atomic E-state index is 13.8. The lowest BCUT2D eigenvalue weighted by Crippen LogP contribution is -2.44. The second kappa shape index (κ2) is 6.11. The van der Waals surface area contributed by atoms with Crippen molar-refractivity contribution in [1.29, 1.82) is 0 Å². The Morgan fingerprint density at radius 1 is 1.42 bits per heavy atom. The summed E-state index contributed by atoms with van der Waals surface area (Å²) in [6.45, 7) is 1.39. The van der Waals surface area contributed by atoms with Gasteiger partial charge in [-0.15, -0.1) is 0 Å². The standard InChI is InChI=1S/C14H17BrFNO2/c15-11-2-1-10(12(16)8-11)7-13(18)14(9-17)3-5-19-6-4-14/h1-2,8H,3-7,9,17H2. The summed E-state index contributed by atoms with van der Waals surface area (Å²) in [6.07, 6.45) is 1.34. The SMILES string of the molecule is NCC1(C(=O)Cc2ccc(Br)cc2F)CCOCC1. The number of ether oxygens (including phenoxy) is 1. The first-order chi connectivity index (χ1) is 9.07. The van der Waals surface area contributed by atoms with E-state index >= 15 is 0 Å². The van der Waals surface area contributed by atoms with E-state index < -0.39 is 5.41 Å². The number of nitrogens with two attached hydrogens (primary N) is 1. The number of carbonyl (C=O) groups is 1. The van der Waals surface area contributed by atoms with Gasteiger partial charge in [0.05, 0.1) is 0 Å². The second-order valence-electron chi connectivity index (χ2n) is 4.93. The van der Waals surface area contributed by atoms with Crippen LogP contribution in [-0.2, 0) is 16.0 Å². The molecule has 1 heterocycles. The first-order valence-electron chi connectivity index (χ1n) is 6.32. The summed E-state index contributed by atoms with van der Waals surface area (Å²) in [6, 6.07) is 4.76. The molecule has 104 valence electrons. The Hall–Kier alpha value is -0.780. The third kappa shape index (κ3) is 3.22. The van der Waals surface area contributed by atoms with Crippen LogP contribution in [0.4, 0.5) is 4.39 Å². The minimum Gasteiger partial charge on any atom is -0.381 e. The number of hydrogen-bond acceptors (Lipinski definition) is 3. The van der Waals surface area contributed by atoms with Crippen LogP contribution in [0.15, 0.2) is 22.7 Å². The molecule has 1 saturated heterocycles. The molecule has 1 aromatic carbocycles. The quantitative estimate of drug-likeness (QED) is 0.923. The summed E-state index contributed by atoms with van der Waals surface area (Å²) in [5.41, 5.74) is 5.66. The van der Waals surface area contributed by atoms with Crippen LogP contribution in [0, 0.1) is 11.2 Å². The molecule has 2 rings (SSSR count). The van der Waals surface area contributed by atoms with E-state index in [1.165, 1.54) is 6.07 Å². The van der Waals surface area contributed by atoms with E-state index in [2.05, 4.69) is 15.9 Å². The molecule has 5 heteroatoms. The molecule has 0 spiro atoms. The number of Topliss-reactive ketones (excluding diaryl/α,β-unsaturated/α-hetero) is 1. The highest BCUT2D eigenvalue weighted by molar-refractivity contribution is 9.10. The van der Waals surface area contributed by atoms with E-state index in [1.54, 1.807) is 12.1 Å². The van der Waals surface area contributed by atoms with E-state index in [-0.39, 0.29) is 18.0 Å². The Balaban J connectivity index is 2.15. The Labute approximate surface area is 120 Å². The van der Waals surface area contributed by atoms with Gasteiger partial charge in [0.25, 0.3) is 0 Å². The number of ketones is 1. The molecule has 1 aromatic rings. The number of halogens is 2. The molecule has 0 atom stereocenters. The summed E-state index contributed by atoms with van der Waals surface area (Å²) in [4.78, 5) is 12.4. The molecular weight excluding hydrogens is 313 g/mol. The van der Waals surface area contributed by atoms with Crippen LogP contribution in [0.1, 0.15) is 18.4 Å². The Kier molecular flexibility index (Phi) is 4.71. The van der Waals surface area contributed by atoms with Crippen LogP contribution in [0.25, 0.3) is 0 Å². The monoisotopic (exact) mass is 329 g/mol. The van der Waals surface area contributed by atoms with Crippen LogP contribution >= 0.6 is 15.9 Å². The zero-order valence-electron chi connectivity index (χ0n) is 10.6. The first-order valence-corrected chi connectivity index (χ1v) is 7.12. The molecule has 1 fully saturated rings. The average Bonchev–Trinajstić information content (AvgIpc) is 2.42. The maximum absolute atomic E-state index is 13.8. The van der Waals surface area contributed by atoms with Gasteiger partial charge >= 0.3 is 0 Å². The largest absolute Gasteiger partial charge is 0.381 e. The third-order valence-electron chi connectivity index (χ3n) is 3.80. The van der Waals surface area contributed by atoms with Crippen LogP contribution < -0.4 is 5.73 Å². The molecule has 0 bridgehead atoms. The lowest BCUT2D eigenvalue weighted by atomic mass is 9.74. The zero-order chi connectivity index (χ0) is 13.9. The average molecular weight is 330 g/mol. The molecule has 1 aliphatic heterocycles. The predicted molar refractivity (Wildman–Crippen MR) is 74.4 cm³/mol. The first kappa shape index (κ1) is 14.6. The summed E-state index contributed by atoms with van der Waals surface area (Å²) < 4.78 is 19.7. The molecule has 0 amide bonds. The van der Waals surface area contributed by atoms with Crippen LogP contribution in [0.2, 0.25) is 0 Å². The lowest BCUT2D eigenvalue weighted by Gasteiger charge is -2.34. The normalized spacial score (nSPS) is 18.3. The van der Waals surface area contributed by atoms with Crippen molar-refractivity contribution < 1.29 is 13.9 Å². The highest BCUT2D eigenvalue weighted by Crippen LogP contribution is 2.32. The summed E-state index contributed by atoms with van der Waals surface area (Å²) in [5.74, 6) is -0.346. The van der Waals surface area contributed by atoms with E-state index in [0.29, 0.717) is 42.6 Å². The lowest BCUT2D eigenvalue weighted by molar-refractivity contribution is -0.132. The van der Waals surface area contributed by atoms with Gasteiger partial charge in [0.15, 0.2) is 0 Å². The number of hydrogen-bond donors (Lipinski definition) is 1. The Bertz CT molecular complexity index is 473. The summed E-state index contributed by atoms with van der Waals surface area (Å²) in [5, 5.41) is 0. The third-order valence-corrected chi connectivity index (χ3v) is 4.29. The molecule has 0 radical (unpaired) electrons. The molecule has 0 unspecified atom stereocenters. The summed E-state index contributed by atoms with van der Waals surface area (Å²) >= 11 is 3.20. The number of benzene rings is 1. The van der Waals surface area contributed by atoms with Crippen molar-refractivity contribution in [1.82, 2.24) is 0 Å². The van der Waals surface area contributed by atoms with Gasteiger partial charge < -0.3 is 10.5 Å². The number of rotatable bonds is 4. The second-order valence-corrected chi connectivity index (χ2v) is 5.85. The number of carbonyl (C=O) groups excluding carboxylic acids is 1. The highest BCUT2D eigenvalue weighted by Gasteiger charge is 2.38. The molecule has 0 saturated carbocycles. The van der Waals surface area contributed by atoms with Gasteiger partial charge in [0.2, 0.25) is 0 Å². The smallest absolute Gasteiger partial charge is 0.144 e. The molecule has 3 nitrogen and oxygen atoms in total. The van der Waals surface area contributed by atoms with Crippen molar-refractivity contribution in [3.8, 4) is 0 Å². The van der Waals surface area contributed by atoms with Crippen LogP contribution in [0.3, 0.4) is 0 Å². The van der Waals surface area contributed by atoms with Gasteiger partial charge in [-0.2, -0.15) is 0 Å². The van der Waals surface area contributed by atoms with Gasteiger partial charge in [-0.3, -0.25) is 4.79 Å². The Morgan fingerprint density at radius 2 is 2.11 bits per heavy atom. The van der Waals surface area contributed by atoms with E-state index in [0.717, 1.165) is 0 Å². The molecule has 1 aliphatic rings. The minimum atomic E-state index is -0.544. The van der Waals surface area contributed by atoms with Crippen LogP contribution in [0.5, 0.6) is 0 Å². The predicted octanol–water partition coefficient (Wildman–Crippen LogP) is 2.46. The minimum absolute atomic E-state index is 0.0134. The fourth-order valence-electron chi connectivity index (χ4n) is 2.38. The highest BCUT2D eigenvalue weighted by atomic mass is 79.9. The van der Waals surface area contributed by atoms with Crippen LogP contribution in [-0.4, -0.2) is 25.5 Å². The fraction of sp³-hybridized carbons (Fsp3) is 0.500. The van der Waals surface area contributed by atoms with Gasteiger partial charge in [-0.25, -0.2) is 4.39 Å². The molecule has 0 aliphatic carbocycles. The fourth-order valence-corrected chi connectivity index (χ4v) is 2.72. The topological polar surface area (TPSA) is 52.3 Å². The van der Waals surface area contributed by atoms with E-state index in [9.17, 15) is 9.18 Å². The van der Waals surface area contributed by atoms with Gasteiger partial charge in [0, 0.05) is 36.1 Å². The zero-order valence-corrected chi connectivity index (χ0v) is 12.2. The molecule has 2 N–H and O–H groups in total. The molecule has 0 aromatic heterocycles. The summed E-state index contributed by atoms with van der Waals surface area (Å²) in [7, 11) is 0. The molecular formula is C14H17BrFNO2. The van der Waals surface area contributed by atoms with Crippen molar-refractivity contribution >= 4 is 21.7 Å². The van der Waals surface area contributed by atoms with E-state index in [4.69, 9.17) is 10.5 Å².